The smallest absolute Gasteiger partial charge is 0.235 e. The van der Waals surface area contributed by atoms with E-state index < -0.39 is 0 Å². The molecule has 21 heavy (non-hydrogen) atoms. The van der Waals surface area contributed by atoms with Gasteiger partial charge in [0, 0.05) is 32.9 Å². The van der Waals surface area contributed by atoms with Crippen LogP contribution in [-0.4, -0.2) is 40.0 Å². The van der Waals surface area contributed by atoms with Crippen LogP contribution in [0.4, 0.5) is 0 Å². The summed E-state index contributed by atoms with van der Waals surface area (Å²) in [5, 5.41) is 10.1. The minimum absolute atomic E-state index is 0.0701. The molecule has 1 aliphatic rings. The molecule has 0 aliphatic carbocycles. The molecule has 116 valence electrons. The summed E-state index contributed by atoms with van der Waals surface area (Å²) < 4.78 is 5.16. The Morgan fingerprint density at radius 3 is 2.48 bits per heavy atom. The van der Waals surface area contributed by atoms with Gasteiger partial charge in [-0.3, -0.25) is 9.59 Å². The topological polar surface area (TPSA) is 88.3 Å². The van der Waals surface area contributed by atoms with E-state index >= 15 is 0 Å². The van der Waals surface area contributed by atoms with E-state index in [0.717, 1.165) is 25.9 Å². The van der Waals surface area contributed by atoms with Crippen molar-refractivity contribution in [3.05, 3.63) is 11.8 Å². The molecule has 0 spiro atoms. The lowest BCUT2D eigenvalue weighted by Crippen LogP contribution is -2.33. The first-order valence-corrected chi connectivity index (χ1v) is 7.48. The molecule has 0 radical (unpaired) electrons. The Bertz CT molecular complexity index is 478. The minimum Gasteiger partial charge on any atom is -0.424 e. The van der Waals surface area contributed by atoms with Gasteiger partial charge in [-0.25, -0.2) is 0 Å². The van der Waals surface area contributed by atoms with Gasteiger partial charge in [-0.2, -0.15) is 0 Å². The van der Waals surface area contributed by atoms with Crippen LogP contribution in [0.1, 0.15) is 50.3 Å². The van der Waals surface area contributed by atoms with Gasteiger partial charge in [-0.05, 0) is 12.8 Å². The van der Waals surface area contributed by atoms with E-state index in [1.165, 1.54) is 12.8 Å². The predicted octanol–water partition coefficient (Wildman–Crippen LogP) is 1.18. The first kappa shape index (κ1) is 15.5. The molecular weight excluding hydrogens is 272 g/mol. The van der Waals surface area contributed by atoms with E-state index in [4.69, 9.17) is 4.42 Å². The van der Waals surface area contributed by atoms with Gasteiger partial charge >= 0.3 is 0 Å². The van der Waals surface area contributed by atoms with Crippen molar-refractivity contribution < 1.29 is 14.0 Å². The Morgan fingerprint density at radius 1 is 1.14 bits per heavy atom. The number of hydrogen-bond acceptors (Lipinski definition) is 5. The molecule has 1 fully saturated rings. The maximum absolute atomic E-state index is 12.0. The van der Waals surface area contributed by atoms with Crippen molar-refractivity contribution in [3.8, 4) is 0 Å². The van der Waals surface area contributed by atoms with E-state index in [1.54, 1.807) is 6.92 Å². The van der Waals surface area contributed by atoms with E-state index in [2.05, 4.69) is 15.5 Å². The molecule has 2 heterocycles. The normalized spacial score (nSPS) is 15.6. The van der Waals surface area contributed by atoms with Crippen LogP contribution < -0.4 is 5.32 Å². The van der Waals surface area contributed by atoms with Gasteiger partial charge in [-0.1, -0.05) is 12.8 Å². The summed E-state index contributed by atoms with van der Waals surface area (Å²) in [6.07, 6.45) is 4.96. The number of carbonyl (C=O) groups is 2. The van der Waals surface area contributed by atoms with Gasteiger partial charge in [0.15, 0.2) is 0 Å². The highest BCUT2D eigenvalue weighted by Crippen LogP contribution is 2.11. The van der Waals surface area contributed by atoms with Gasteiger partial charge in [0.1, 0.15) is 0 Å². The number of hydrogen-bond donors (Lipinski definition) is 1. The van der Waals surface area contributed by atoms with Crippen LogP contribution in [0, 0.1) is 6.92 Å². The molecule has 7 nitrogen and oxygen atoms in total. The van der Waals surface area contributed by atoms with Crippen molar-refractivity contribution in [1.29, 1.82) is 0 Å². The van der Waals surface area contributed by atoms with E-state index in [-0.39, 0.29) is 31.2 Å². The molecule has 0 unspecified atom stereocenters. The SMILES string of the molecule is Cc1nnc(CNC(=O)CCC(=O)N2CCCCCC2)o1. The van der Waals surface area contributed by atoms with Gasteiger partial charge in [-0.15, -0.1) is 10.2 Å². The number of carbonyl (C=O) groups excluding carboxylic acids is 2. The summed E-state index contributed by atoms with van der Waals surface area (Å²) in [7, 11) is 0. The molecule has 1 aliphatic heterocycles. The zero-order valence-corrected chi connectivity index (χ0v) is 12.4. The number of aryl methyl sites for hydroxylation is 1. The fraction of sp³-hybridized carbons (Fsp3) is 0.714. The highest BCUT2D eigenvalue weighted by atomic mass is 16.4. The van der Waals surface area contributed by atoms with Gasteiger partial charge < -0.3 is 14.6 Å². The standard InChI is InChI=1S/C14H22N4O3/c1-11-16-17-13(21-11)10-15-12(19)6-7-14(20)18-8-4-2-3-5-9-18/h2-10H2,1H3,(H,15,19). The molecule has 2 amide bonds. The summed E-state index contributed by atoms with van der Waals surface area (Å²) in [6, 6.07) is 0. The van der Waals surface area contributed by atoms with Crippen LogP contribution in [0.25, 0.3) is 0 Å². The van der Waals surface area contributed by atoms with E-state index in [1.807, 2.05) is 4.90 Å². The summed E-state index contributed by atoms with van der Waals surface area (Å²) in [6.45, 7) is 3.54. The van der Waals surface area contributed by atoms with Crippen molar-refractivity contribution in [3.63, 3.8) is 0 Å². The fourth-order valence-corrected chi connectivity index (χ4v) is 2.37. The highest BCUT2D eigenvalue weighted by molar-refractivity contribution is 5.83. The van der Waals surface area contributed by atoms with Crippen LogP contribution in [0.5, 0.6) is 0 Å². The molecule has 0 bridgehead atoms. The Labute approximate surface area is 124 Å². The van der Waals surface area contributed by atoms with Crippen LogP contribution in [-0.2, 0) is 16.1 Å². The quantitative estimate of drug-likeness (QED) is 0.881. The first-order chi connectivity index (χ1) is 10.1. The number of rotatable bonds is 5. The van der Waals surface area contributed by atoms with Gasteiger partial charge in [0.25, 0.3) is 0 Å². The molecule has 1 aromatic rings. The molecule has 0 atom stereocenters. The van der Waals surface area contributed by atoms with E-state index in [9.17, 15) is 9.59 Å². The van der Waals surface area contributed by atoms with Crippen LogP contribution in [0.15, 0.2) is 4.42 Å². The van der Waals surface area contributed by atoms with Gasteiger partial charge in [0.05, 0.1) is 6.54 Å². The summed E-state index contributed by atoms with van der Waals surface area (Å²) in [5.74, 6) is 0.741. The number of aromatic nitrogens is 2. The maximum Gasteiger partial charge on any atom is 0.235 e. The molecular formula is C14H22N4O3. The number of amides is 2. The van der Waals surface area contributed by atoms with Crippen LogP contribution in [0.2, 0.25) is 0 Å². The third-order valence-corrected chi connectivity index (χ3v) is 3.53. The molecule has 2 rings (SSSR count). The van der Waals surface area contributed by atoms with Gasteiger partial charge in [0.2, 0.25) is 23.6 Å². The molecule has 7 heteroatoms. The average Bonchev–Trinajstić information content (AvgIpc) is 2.73. The summed E-state index contributed by atoms with van der Waals surface area (Å²) >= 11 is 0. The summed E-state index contributed by atoms with van der Waals surface area (Å²) in [4.78, 5) is 25.6. The van der Waals surface area contributed by atoms with E-state index in [0.29, 0.717) is 11.8 Å². The first-order valence-electron chi connectivity index (χ1n) is 7.48. The monoisotopic (exact) mass is 294 g/mol. The zero-order chi connectivity index (χ0) is 15.1. The third-order valence-electron chi connectivity index (χ3n) is 3.53. The highest BCUT2D eigenvalue weighted by Gasteiger charge is 2.16. The van der Waals surface area contributed by atoms with Crippen molar-refractivity contribution in [2.75, 3.05) is 13.1 Å². The molecule has 1 saturated heterocycles. The van der Waals surface area contributed by atoms with Crippen molar-refractivity contribution >= 4 is 11.8 Å². The predicted molar refractivity (Wildman–Crippen MR) is 75.2 cm³/mol. The van der Waals surface area contributed by atoms with Crippen LogP contribution in [0.3, 0.4) is 0 Å². The Balaban J connectivity index is 1.66. The Hall–Kier alpha value is -1.92. The number of likely N-dealkylation sites (tertiary alicyclic amines) is 1. The molecule has 0 saturated carbocycles. The fourth-order valence-electron chi connectivity index (χ4n) is 2.37. The zero-order valence-electron chi connectivity index (χ0n) is 12.4. The second-order valence-electron chi connectivity index (χ2n) is 5.29. The summed E-state index contributed by atoms with van der Waals surface area (Å²) in [5.41, 5.74) is 0. The number of nitrogens with one attached hydrogen (secondary N) is 1. The maximum atomic E-state index is 12.0. The average molecular weight is 294 g/mol. The Morgan fingerprint density at radius 2 is 1.86 bits per heavy atom. The number of nitrogens with zero attached hydrogens (tertiary/aromatic N) is 3. The largest absolute Gasteiger partial charge is 0.424 e. The lowest BCUT2D eigenvalue weighted by Gasteiger charge is -2.19. The minimum atomic E-state index is -0.172. The second kappa shape index (κ2) is 7.75. The second-order valence-corrected chi connectivity index (χ2v) is 5.29. The molecule has 0 aromatic carbocycles. The van der Waals surface area contributed by atoms with Crippen LogP contribution >= 0.6 is 0 Å². The molecule has 1 N–H and O–H groups in total. The third kappa shape index (κ3) is 5.17. The lowest BCUT2D eigenvalue weighted by molar-refractivity contribution is -0.133. The van der Waals surface area contributed by atoms with Crippen molar-refractivity contribution in [1.82, 2.24) is 20.4 Å². The Kier molecular flexibility index (Phi) is 5.71. The van der Waals surface area contributed by atoms with Crippen molar-refractivity contribution in [2.45, 2.75) is 52.0 Å². The lowest BCUT2D eigenvalue weighted by atomic mass is 10.2. The molecule has 1 aromatic heterocycles. The van der Waals surface area contributed by atoms with Crippen molar-refractivity contribution in [2.24, 2.45) is 0 Å².